The van der Waals surface area contributed by atoms with E-state index in [0.717, 1.165) is 6.26 Å². The highest BCUT2D eigenvalue weighted by Crippen LogP contribution is 2.41. The summed E-state index contributed by atoms with van der Waals surface area (Å²) in [5.41, 5.74) is 0.494. The molecule has 4 rings (SSSR count). The number of carbonyl (C=O) groups is 1. The Balaban J connectivity index is 1.79. The number of halogens is 2. The summed E-state index contributed by atoms with van der Waals surface area (Å²) in [6, 6.07) is 10.1. The first-order chi connectivity index (χ1) is 17.4. The molecule has 0 aliphatic heterocycles. The van der Waals surface area contributed by atoms with Crippen LogP contribution in [-0.2, 0) is 20.0 Å². The van der Waals surface area contributed by atoms with E-state index in [-0.39, 0.29) is 53.4 Å². The van der Waals surface area contributed by atoms with Gasteiger partial charge in [-0.1, -0.05) is 12.1 Å². The van der Waals surface area contributed by atoms with Crippen LogP contribution in [-0.4, -0.2) is 44.9 Å². The molecular weight excluding hydrogens is 536 g/mol. The Hall–Kier alpha value is -2.83. The third-order valence-corrected chi connectivity index (χ3v) is 8.67. The number of benzene rings is 2. The normalized spacial score (nSPS) is 17.0. The van der Waals surface area contributed by atoms with Gasteiger partial charge in [0.1, 0.15) is 0 Å². The van der Waals surface area contributed by atoms with Gasteiger partial charge in [0.15, 0.2) is 5.78 Å². The molecule has 8 nitrogen and oxygen atoms in total. The van der Waals surface area contributed by atoms with Gasteiger partial charge in [0.2, 0.25) is 26.0 Å². The molecule has 1 saturated carbocycles. The van der Waals surface area contributed by atoms with Gasteiger partial charge in [-0.2, -0.15) is 0 Å². The zero-order valence-corrected chi connectivity index (χ0v) is 23.2. The summed E-state index contributed by atoms with van der Waals surface area (Å²) in [7, 11) is -7.46. The highest BCUT2D eigenvalue weighted by Gasteiger charge is 2.36. The topological polar surface area (TPSA) is 114 Å². The largest absolute Gasteiger partial charge is 0.344 e. The van der Waals surface area contributed by atoms with E-state index in [1.807, 2.05) is 0 Å². The summed E-state index contributed by atoms with van der Waals surface area (Å²) < 4.78 is 83.7. The second-order valence-corrected chi connectivity index (χ2v) is 14.3. The summed E-state index contributed by atoms with van der Waals surface area (Å²) in [4.78, 5) is 13.6. The molecule has 1 aliphatic carbocycles. The molecule has 0 spiro atoms. The third kappa shape index (κ3) is 6.41. The second-order valence-electron chi connectivity index (χ2n) is 10.9. The van der Waals surface area contributed by atoms with Crippen molar-refractivity contribution in [3.8, 4) is 0 Å². The van der Waals surface area contributed by atoms with Gasteiger partial charge in [0, 0.05) is 47.1 Å². The molecule has 0 atom stereocenters. The van der Waals surface area contributed by atoms with Crippen LogP contribution in [0.2, 0.25) is 0 Å². The molecule has 1 heterocycles. The Bertz CT molecular complexity index is 1600. The number of alkyl halides is 2. The summed E-state index contributed by atoms with van der Waals surface area (Å²) in [6.45, 7) is 5.13. The Kier molecular flexibility index (Phi) is 7.21. The van der Waals surface area contributed by atoms with Crippen LogP contribution in [0.15, 0.2) is 53.6 Å². The maximum Gasteiger partial charge on any atom is 0.248 e. The maximum atomic E-state index is 13.9. The van der Waals surface area contributed by atoms with Crippen LogP contribution in [0.3, 0.4) is 0 Å². The minimum Gasteiger partial charge on any atom is -0.344 e. The van der Waals surface area contributed by atoms with Crippen molar-refractivity contribution in [2.45, 2.75) is 68.9 Å². The molecule has 206 valence electrons. The van der Waals surface area contributed by atoms with Gasteiger partial charge < -0.3 is 4.57 Å². The van der Waals surface area contributed by atoms with Crippen LogP contribution < -0.4 is 9.44 Å². The Labute approximate surface area is 221 Å². The van der Waals surface area contributed by atoms with Crippen LogP contribution in [0.1, 0.15) is 68.4 Å². The Morgan fingerprint density at radius 1 is 1.03 bits per heavy atom. The number of hydrogen-bond acceptors (Lipinski definition) is 5. The predicted octanol–water partition coefficient (Wildman–Crippen LogP) is 5.07. The van der Waals surface area contributed by atoms with Gasteiger partial charge in [-0.3, -0.25) is 9.52 Å². The van der Waals surface area contributed by atoms with Crippen molar-refractivity contribution in [2.75, 3.05) is 11.0 Å². The molecule has 0 amide bonds. The molecule has 38 heavy (non-hydrogen) atoms. The summed E-state index contributed by atoms with van der Waals surface area (Å²) in [5, 5.41) is 0.507. The number of aromatic nitrogens is 1. The average Bonchev–Trinajstić information content (AvgIpc) is 3.15. The standard InChI is InChI=1S/C26H31F2N3O5S2/c1-25(2,3)30-38(35,36)20-7-5-6-17(14-20)24(32)22-16-31(19-10-12-26(27,28)13-11-19)23-15-18(8-9-21(22)23)29-37(4,33)34/h5-9,14-16,19,29-30H,10-13H2,1-4H3. The molecule has 1 fully saturated rings. The molecule has 2 N–H and O–H groups in total. The molecule has 1 aliphatic rings. The first-order valence-electron chi connectivity index (χ1n) is 12.1. The maximum absolute atomic E-state index is 13.9. The number of hydrogen-bond donors (Lipinski definition) is 2. The van der Waals surface area contributed by atoms with E-state index in [1.165, 1.54) is 30.3 Å². The number of nitrogens with one attached hydrogen (secondary N) is 2. The summed E-state index contributed by atoms with van der Waals surface area (Å²) in [5.74, 6) is -3.18. The highest BCUT2D eigenvalue weighted by atomic mass is 32.2. The van der Waals surface area contributed by atoms with Crippen LogP contribution in [0, 0.1) is 0 Å². The average molecular weight is 568 g/mol. The summed E-state index contributed by atoms with van der Waals surface area (Å²) in [6.07, 6.45) is 2.43. The summed E-state index contributed by atoms with van der Waals surface area (Å²) >= 11 is 0. The van der Waals surface area contributed by atoms with Gasteiger partial charge in [-0.15, -0.1) is 0 Å². The SMILES string of the molecule is CC(C)(C)NS(=O)(=O)c1cccc(C(=O)c2cn(C3CCC(F)(F)CC3)c3cc(NS(C)(=O)=O)ccc23)c1. The molecule has 12 heteroatoms. The minimum atomic E-state index is -3.89. The molecule has 0 bridgehead atoms. The quantitative estimate of drug-likeness (QED) is 0.387. The third-order valence-electron chi connectivity index (χ3n) is 6.31. The molecule has 0 saturated heterocycles. The lowest BCUT2D eigenvalue weighted by Crippen LogP contribution is -2.40. The first-order valence-corrected chi connectivity index (χ1v) is 15.5. The molecule has 1 aromatic heterocycles. The van der Waals surface area contributed by atoms with Crippen molar-refractivity contribution < 1.29 is 30.4 Å². The zero-order valence-electron chi connectivity index (χ0n) is 21.6. The molecule has 3 aromatic rings. The lowest BCUT2D eigenvalue weighted by Gasteiger charge is -2.29. The van der Waals surface area contributed by atoms with E-state index in [2.05, 4.69) is 9.44 Å². The van der Waals surface area contributed by atoms with Gasteiger partial charge >= 0.3 is 0 Å². The number of ketones is 1. The lowest BCUT2D eigenvalue weighted by molar-refractivity contribution is -0.0436. The van der Waals surface area contributed by atoms with Crippen LogP contribution in [0.25, 0.3) is 10.9 Å². The van der Waals surface area contributed by atoms with Gasteiger partial charge in [0.25, 0.3) is 0 Å². The first kappa shape index (κ1) is 28.2. The smallest absolute Gasteiger partial charge is 0.248 e. The monoisotopic (exact) mass is 567 g/mol. The molecule has 2 aromatic carbocycles. The van der Waals surface area contributed by atoms with E-state index in [9.17, 15) is 30.4 Å². The fraction of sp³-hybridized carbons (Fsp3) is 0.423. The minimum absolute atomic E-state index is 0.0591. The van der Waals surface area contributed by atoms with Crippen LogP contribution in [0.5, 0.6) is 0 Å². The number of rotatable bonds is 7. The Morgan fingerprint density at radius 3 is 2.29 bits per heavy atom. The van der Waals surface area contributed by atoms with E-state index in [4.69, 9.17) is 0 Å². The van der Waals surface area contributed by atoms with Crippen LogP contribution >= 0.6 is 0 Å². The fourth-order valence-corrected chi connectivity index (χ4v) is 6.76. The lowest BCUT2D eigenvalue weighted by atomic mass is 9.92. The van der Waals surface area contributed by atoms with Crippen molar-refractivity contribution in [3.63, 3.8) is 0 Å². The van der Waals surface area contributed by atoms with E-state index < -0.39 is 37.3 Å². The highest BCUT2D eigenvalue weighted by molar-refractivity contribution is 7.92. The zero-order chi connectivity index (χ0) is 28.1. The predicted molar refractivity (Wildman–Crippen MR) is 143 cm³/mol. The van der Waals surface area contributed by atoms with Crippen molar-refractivity contribution in [1.29, 1.82) is 0 Å². The number of carbonyl (C=O) groups excluding carboxylic acids is 1. The van der Waals surface area contributed by atoms with Gasteiger partial charge in [-0.25, -0.2) is 30.3 Å². The second kappa shape index (κ2) is 9.73. The van der Waals surface area contributed by atoms with Crippen LogP contribution in [0.4, 0.5) is 14.5 Å². The van der Waals surface area contributed by atoms with E-state index in [1.54, 1.807) is 43.7 Å². The Morgan fingerprint density at radius 2 is 1.68 bits per heavy atom. The van der Waals surface area contributed by atoms with Gasteiger partial charge in [-0.05, 0) is 63.9 Å². The van der Waals surface area contributed by atoms with Crippen molar-refractivity contribution in [2.24, 2.45) is 0 Å². The molecule has 0 unspecified atom stereocenters. The molecular formula is C26H31F2N3O5S2. The molecule has 0 radical (unpaired) electrons. The van der Waals surface area contributed by atoms with Gasteiger partial charge in [0.05, 0.1) is 22.4 Å². The number of fused-ring (bicyclic) bond motifs is 1. The number of nitrogens with zero attached hydrogens (tertiary/aromatic N) is 1. The van der Waals surface area contributed by atoms with Crippen molar-refractivity contribution in [3.05, 3.63) is 59.8 Å². The van der Waals surface area contributed by atoms with E-state index in [0.29, 0.717) is 10.9 Å². The number of sulfonamides is 2. The van der Waals surface area contributed by atoms with Crippen molar-refractivity contribution in [1.82, 2.24) is 9.29 Å². The van der Waals surface area contributed by atoms with E-state index >= 15 is 0 Å². The fourth-order valence-electron chi connectivity index (χ4n) is 4.74. The number of anilines is 1. The van der Waals surface area contributed by atoms with Crippen molar-refractivity contribution >= 4 is 42.4 Å².